The van der Waals surface area contributed by atoms with Crippen molar-refractivity contribution in [3.8, 4) is 11.3 Å². The molecule has 27 heavy (non-hydrogen) atoms. The molecule has 0 atom stereocenters. The Morgan fingerprint density at radius 3 is 2.56 bits per heavy atom. The second kappa shape index (κ2) is 7.36. The zero-order valence-electron chi connectivity index (χ0n) is 15.4. The number of fused-ring (bicyclic) bond motifs is 1. The monoisotopic (exact) mass is 365 g/mol. The van der Waals surface area contributed by atoms with E-state index < -0.39 is 5.97 Å². The zero-order chi connectivity index (χ0) is 18.8. The molecular formula is C20H23N5O2. The first-order valence-corrected chi connectivity index (χ1v) is 9.19. The summed E-state index contributed by atoms with van der Waals surface area (Å²) in [6.45, 7) is 3.98. The summed E-state index contributed by atoms with van der Waals surface area (Å²) in [5.74, 6) is 0.284. The van der Waals surface area contributed by atoms with Gasteiger partial charge in [0.05, 0.1) is 11.9 Å². The van der Waals surface area contributed by atoms with Crippen LogP contribution >= 0.6 is 0 Å². The highest BCUT2D eigenvalue weighted by Crippen LogP contribution is 2.25. The number of benzene rings is 1. The molecule has 7 nitrogen and oxygen atoms in total. The number of likely N-dealkylation sites (N-methyl/N-ethyl adjacent to an activating group) is 1. The van der Waals surface area contributed by atoms with Crippen molar-refractivity contribution < 1.29 is 9.90 Å². The van der Waals surface area contributed by atoms with Crippen molar-refractivity contribution in [2.75, 3.05) is 38.1 Å². The van der Waals surface area contributed by atoms with E-state index >= 15 is 0 Å². The van der Waals surface area contributed by atoms with Gasteiger partial charge in [0.15, 0.2) is 5.65 Å². The largest absolute Gasteiger partial charge is 0.481 e. The molecule has 4 rings (SSSR count). The lowest BCUT2D eigenvalue weighted by atomic mass is 10.1. The van der Waals surface area contributed by atoms with Gasteiger partial charge in [-0.3, -0.25) is 4.79 Å². The number of hydrogen-bond donors (Lipinski definition) is 1. The first-order chi connectivity index (χ1) is 13.1. The summed E-state index contributed by atoms with van der Waals surface area (Å²) >= 11 is 0. The zero-order valence-corrected chi connectivity index (χ0v) is 15.4. The van der Waals surface area contributed by atoms with Crippen molar-refractivity contribution in [3.63, 3.8) is 0 Å². The summed E-state index contributed by atoms with van der Waals surface area (Å²) in [4.78, 5) is 20.2. The van der Waals surface area contributed by atoms with Gasteiger partial charge in [0.25, 0.3) is 0 Å². The maximum Gasteiger partial charge on any atom is 0.303 e. The first-order valence-electron chi connectivity index (χ1n) is 9.19. The van der Waals surface area contributed by atoms with E-state index in [-0.39, 0.29) is 6.42 Å². The van der Waals surface area contributed by atoms with Crippen LogP contribution in [0.2, 0.25) is 0 Å². The summed E-state index contributed by atoms with van der Waals surface area (Å²) in [7, 11) is 2.14. The van der Waals surface area contributed by atoms with Crippen LogP contribution in [0.3, 0.4) is 0 Å². The molecule has 1 aromatic carbocycles. The van der Waals surface area contributed by atoms with E-state index in [1.54, 1.807) is 6.20 Å². The summed E-state index contributed by atoms with van der Waals surface area (Å²) in [6, 6.07) is 12.0. The fourth-order valence-corrected chi connectivity index (χ4v) is 3.40. The van der Waals surface area contributed by atoms with E-state index in [1.165, 1.54) is 0 Å². The molecule has 2 aromatic heterocycles. The average molecular weight is 365 g/mol. The predicted octanol–water partition coefficient (Wildman–Crippen LogP) is 2.17. The molecule has 0 spiro atoms. The third-order valence-corrected chi connectivity index (χ3v) is 5.05. The quantitative estimate of drug-likeness (QED) is 0.747. The van der Waals surface area contributed by atoms with Gasteiger partial charge in [0.1, 0.15) is 5.82 Å². The van der Waals surface area contributed by atoms with Crippen LogP contribution in [0.5, 0.6) is 0 Å². The highest BCUT2D eigenvalue weighted by Gasteiger charge is 2.18. The van der Waals surface area contributed by atoms with Crippen molar-refractivity contribution in [1.29, 1.82) is 0 Å². The highest BCUT2D eigenvalue weighted by molar-refractivity contribution is 5.68. The third-order valence-electron chi connectivity index (χ3n) is 5.05. The number of aryl methyl sites for hydroxylation is 1. The van der Waals surface area contributed by atoms with Crippen molar-refractivity contribution in [1.82, 2.24) is 19.5 Å². The molecule has 7 heteroatoms. The molecule has 1 aliphatic rings. The van der Waals surface area contributed by atoms with E-state index in [0.29, 0.717) is 6.42 Å². The lowest BCUT2D eigenvalue weighted by molar-refractivity contribution is -0.136. The van der Waals surface area contributed by atoms with Gasteiger partial charge in [0.2, 0.25) is 0 Å². The average Bonchev–Trinajstić information content (AvgIpc) is 3.15. The van der Waals surface area contributed by atoms with E-state index in [4.69, 9.17) is 10.1 Å². The topological polar surface area (TPSA) is 74.0 Å². The molecule has 0 amide bonds. The minimum atomic E-state index is -0.774. The van der Waals surface area contributed by atoms with Crippen LogP contribution < -0.4 is 4.90 Å². The van der Waals surface area contributed by atoms with E-state index in [1.807, 2.05) is 34.8 Å². The minimum absolute atomic E-state index is 0.146. The van der Waals surface area contributed by atoms with Crippen molar-refractivity contribution >= 4 is 17.4 Å². The standard InChI is InChI=1S/C20H23N5O2/c1-23-10-12-24(13-11-23)19-14-17(22-18-8-9-21-25(18)19)16-5-2-15(3-6-16)4-7-20(26)27/h2-3,5-6,8-9,14H,4,7,10-13H2,1H3,(H,26,27). The van der Waals surface area contributed by atoms with Crippen LogP contribution in [0.1, 0.15) is 12.0 Å². The number of carbonyl (C=O) groups is 1. The van der Waals surface area contributed by atoms with E-state index in [9.17, 15) is 4.79 Å². The SMILES string of the molecule is CN1CCN(c2cc(-c3ccc(CCC(=O)O)cc3)nc3ccnn23)CC1. The first kappa shape index (κ1) is 17.5. The van der Waals surface area contributed by atoms with Crippen LogP contribution in [0.4, 0.5) is 5.82 Å². The van der Waals surface area contributed by atoms with Crippen molar-refractivity contribution in [2.24, 2.45) is 0 Å². The Hall–Kier alpha value is -2.93. The highest BCUT2D eigenvalue weighted by atomic mass is 16.4. The summed E-state index contributed by atoms with van der Waals surface area (Å²) in [5.41, 5.74) is 3.78. The molecule has 3 heterocycles. The van der Waals surface area contributed by atoms with Crippen molar-refractivity contribution in [2.45, 2.75) is 12.8 Å². The Kier molecular flexibility index (Phi) is 4.77. The molecule has 1 aliphatic heterocycles. The van der Waals surface area contributed by atoms with E-state index in [2.05, 4.69) is 28.0 Å². The van der Waals surface area contributed by atoms with Crippen molar-refractivity contribution in [3.05, 3.63) is 48.2 Å². The molecule has 0 aliphatic carbocycles. The number of rotatable bonds is 5. The fourth-order valence-electron chi connectivity index (χ4n) is 3.40. The second-order valence-electron chi connectivity index (χ2n) is 6.98. The molecule has 140 valence electrons. The molecule has 3 aromatic rings. The number of carboxylic acid groups (broad SMARTS) is 1. The second-order valence-corrected chi connectivity index (χ2v) is 6.98. The lowest BCUT2D eigenvalue weighted by Crippen LogP contribution is -2.45. The number of aromatic nitrogens is 3. The third kappa shape index (κ3) is 3.78. The Morgan fingerprint density at radius 2 is 1.85 bits per heavy atom. The van der Waals surface area contributed by atoms with Crippen LogP contribution in [0.15, 0.2) is 42.6 Å². The number of aliphatic carboxylic acids is 1. The van der Waals surface area contributed by atoms with E-state index in [0.717, 1.165) is 54.5 Å². The molecule has 1 saturated heterocycles. The molecule has 0 radical (unpaired) electrons. The maximum atomic E-state index is 10.7. The van der Waals surface area contributed by atoms with Gasteiger partial charge in [-0.2, -0.15) is 9.61 Å². The Bertz CT molecular complexity index is 943. The molecule has 0 bridgehead atoms. The van der Waals surface area contributed by atoms with Crippen LogP contribution in [0.25, 0.3) is 16.9 Å². The van der Waals surface area contributed by atoms with Gasteiger partial charge < -0.3 is 14.9 Å². The van der Waals surface area contributed by atoms with Gasteiger partial charge >= 0.3 is 5.97 Å². The molecule has 0 unspecified atom stereocenters. The van der Waals surface area contributed by atoms with Crippen LogP contribution in [0, 0.1) is 0 Å². The van der Waals surface area contributed by atoms with Gasteiger partial charge in [-0.05, 0) is 19.0 Å². The van der Waals surface area contributed by atoms with Gasteiger partial charge in [0, 0.05) is 50.3 Å². The summed E-state index contributed by atoms with van der Waals surface area (Å²) in [6.07, 6.45) is 2.46. The predicted molar refractivity (Wildman–Crippen MR) is 104 cm³/mol. The minimum Gasteiger partial charge on any atom is -0.481 e. The Labute approximate surface area is 157 Å². The lowest BCUT2D eigenvalue weighted by Gasteiger charge is -2.34. The van der Waals surface area contributed by atoms with Crippen LogP contribution in [-0.2, 0) is 11.2 Å². The maximum absolute atomic E-state index is 10.7. The smallest absolute Gasteiger partial charge is 0.303 e. The molecule has 1 fully saturated rings. The fraction of sp³-hybridized carbons (Fsp3) is 0.350. The van der Waals surface area contributed by atoms with Crippen LogP contribution in [-0.4, -0.2) is 63.8 Å². The number of carboxylic acids is 1. The number of anilines is 1. The number of hydrogen-bond acceptors (Lipinski definition) is 5. The van der Waals surface area contributed by atoms with Gasteiger partial charge in [-0.15, -0.1) is 0 Å². The Balaban J connectivity index is 1.65. The summed E-state index contributed by atoms with van der Waals surface area (Å²) < 4.78 is 1.90. The van der Waals surface area contributed by atoms with Gasteiger partial charge in [-0.25, -0.2) is 4.98 Å². The number of piperazine rings is 1. The Morgan fingerprint density at radius 1 is 1.11 bits per heavy atom. The normalized spacial score (nSPS) is 15.4. The molecule has 0 saturated carbocycles. The molecule has 1 N–H and O–H groups in total. The van der Waals surface area contributed by atoms with Gasteiger partial charge in [-0.1, -0.05) is 24.3 Å². The number of nitrogens with zero attached hydrogens (tertiary/aromatic N) is 5. The molecular weight excluding hydrogens is 342 g/mol. The summed E-state index contributed by atoms with van der Waals surface area (Å²) in [5, 5.41) is 13.3.